The number of halogens is 1. The van der Waals surface area contributed by atoms with Gasteiger partial charge in [-0.15, -0.1) is 0 Å². The molecule has 0 spiro atoms. The molecule has 0 aromatic heterocycles. The molecular weight excluding hydrogens is 295 g/mol. The van der Waals surface area contributed by atoms with Crippen molar-refractivity contribution in [3.05, 3.63) is 58.9 Å². The van der Waals surface area contributed by atoms with E-state index in [4.69, 9.17) is 15.3 Å². The highest BCUT2D eigenvalue weighted by atomic mass is 19.1. The SMILES string of the molecule is O=C(O)c1cc(C(=O)O)cc(-c2ccc(C(=O)O)cc2F)c1. The number of carboxylic acids is 3. The van der Waals surface area contributed by atoms with E-state index < -0.39 is 23.7 Å². The van der Waals surface area contributed by atoms with Crippen molar-refractivity contribution in [2.75, 3.05) is 0 Å². The number of rotatable bonds is 4. The summed E-state index contributed by atoms with van der Waals surface area (Å²) in [6.45, 7) is 0. The third-order valence-corrected chi connectivity index (χ3v) is 2.95. The Morgan fingerprint density at radius 3 is 1.64 bits per heavy atom. The van der Waals surface area contributed by atoms with Gasteiger partial charge in [0, 0.05) is 5.56 Å². The Hall–Kier alpha value is -3.22. The molecule has 2 rings (SSSR count). The summed E-state index contributed by atoms with van der Waals surface area (Å²) < 4.78 is 14.0. The second-order valence-corrected chi connectivity index (χ2v) is 4.41. The van der Waals surface area contributed by atoms with Crippen molar-refractivity contribution in [3.63, 3.8) is 0 Å². The predicted molar refractivity (Wildman–Crippen MR) is 72.7 cm³/mol. The average Bonchev–Trinajstić information content (AvgIpc) is 2.46. The molecule has 0 aliphatic heterocycles. The van der Waals surface area contributed by atoms with E-state index in [0.717, 1.165) is 36.4 Å². The van der Waals surface area contributed by atoms with Crippen LogP contribution in [0.4, 0.5) is 4.39 Å². The van der Waals surface area contributed by atoms with Crippen LogP contribution in [0, 0.1) is 5.82 Å². The fourth-order valence-electron chi connectivity index (χ4n) is 1.91. The van der Waals surface area contributed by atoms with Crippen LogP contribution in [-0.4, -0.2) is 33.2 Å². The minimum atomic E-state index is -1.35. The van der Waals surface area contributed by atoms with Gasteiger partial charge in [0.2, 0.25) is 0 Å². The third kappa shape index (κ3) is 2.93. The van der Waals surface area contributed by atoms with Gasteiger partial charge in [-0.25, -0.2) is 18.8 Å². The molecule has 0 saturated carbocycles. The normalized spacial score (nSPS) is 10.2. The molecule has 0 saturated heterocycles. The lowest BCUT2D eigenvalue weighted by Crippen LogP contribution is -2.04. The number of carbonyl (C=O) groups is 3. The first-order chi connectivity index (χ1) is 10.3. The van der Waals surface area contributed by atoms with Crippen molar-refractivity contribution in [2.24, 2.45) is 0 Å². The molecule has 7 heteroatoms. The zero-order valence-electron chi connectivity index (χ0n) is 10.9. The number of aromatic carboxylic acids is 3. The molecule has 22 heavy (non-hydrogen) atoms. The summed E-state index contributed by atoms with van der Waals surface area (Å²) in [6, 6.07) is 6.28. The zero-order valence-corrected chi connectivity index (χ0v) is 10.9. The molecule has 0 bridgehead atoms. The highest BCUT2D eigenvalue weighted by molar-refractivity contribution is 5.96. The summed E-state index contributed by atoms with van der Waals surface area (Å²) in [5.74, 6) is -4.91. The number of carboxylic acid groups (broad SMARTS) is 3. The molecule has 0 unspecified atom stereocenters. The highest BCUT2D eigenvalue weighted by Gasteiger charge is 2.15. The van der Waals surface area contributed by atoms with Crippen LogP contribution < -0.4 is 0 Å². The molecule has 0 radical (unpaired) electrons. The third-order valence-electron chi connectivity index (χ3n) is 2.95. The second-order valence-electron chi connectivity index (χ2n) is 4.41. The largest absolute Gasteiger partial charge is 0.478 e. The summed E-state index contributed by atoms with van der Waals surface area (Å²) in [5.41, 5.74) is -0.940. The van der Waals surface area contributed by atoms with Crippen LogP contribution in [0.3, 0.4) is 0 Å². The molecule has 2 aromatic carbocycles. The maximum absolute atomic E-state index is 14.0. The smallest absolute Gasteiger partial charge is 0.335 e. The molecule has 3 N–H and O–H groups in total. The molecule has 112 valence electrons. The molecule has 0 fully saturated rings. The van der Waals surface area contributed by atoms with E-state index in [2.05, 4.69) is 0 Å². The lowest BCUT2D eigenvalue weighted by atomic mass is 9.98. The van der Waals surface area contributed by atoms with Crippen molar-refractivity contribution in [3.8, 4) is 11.1 Å². The number of hydrogen-bond acceptors (Lipinski definition) is 3. The Bertz CT molecular complexity index is 764. The molecule has 6 nitrogen and oxygen atoms in total. The van der Waals surface area contributed by atoms with Gasteiger partial charge in [-0.05, 0) is 35.9 Å². The van der Waals surface area contributed by atoms with Gasteiger partial charge >= 0.3 is 17.9 Å². The lowest BCUT2D eigenvalue weighted by molar-refractivity contribution is 0.0682. The van der Waals surface area contributed by atoms with Crippen LogP contribution in [0.1, 0.15) is 31.1 Å². The molecule has 0 atom stereocenters. The standard InChI is InChI=1S/C15H9FO6/c16-12-6-7(13(17)18)1-2-11(12)8-3-9(14(19)20)5-10(4-8)15(21)22/h1-6H,(H,17,18)(H,19,20)(H,21,22). The Balaban J connectivity index is 2.63. The quantitative estimate of drug-likeness (QED) is 0.800. The molecule has 2 aromatic rings. The second kappa shape index (κ2) is 5.65. The van der Waals surface area contributed by atoms with E-state index in [1.165, 1.54) is 0 Å². The van der Waals surface area contributed by atoms with Crippen molar-refractivity contribution in [1.82, 2.24) is 0 Å². The van der Waals surface area contributed by atoms with E-state index in [9.17, 15) is 18.8 Å². The first kappa shape index (κ1) is 15.2. The minimum Gasteiger partial charge on any atom is -0.478 e. The van der Waals surface area contributed by atoms with Crippen molar-refractivity contribution in [2.45, 2.75) is 0 Å². The Labute approximate surface area is 123 Å². The fraction of sp³-hybridized carbons (Fsp3) is 0. The van der Waals surface area contributed by atoms with Crippen LogP contribution >= 0.6 is 0 Å². The van der Waals surface area contributed by atoms with E-state index >= 15 is 0 Å². The predicted octanol–water partition coefficient (Wildman–Crippen LogP) is 2.59. The Kier molecular flexibility index (Phi) is 3.89. The molecule has 0 heterocycles. The lowest BCUT2D eigenvalue weighted by Gasteiger charge is -2.07. The van der Waals surface area contributed by atoms with Crippen molar-refractivity contribution >= 4 is 17.9 Å². The maximum Gasteiger partial charge on any atom is 0.335 e. The summed E-state index contributed by atoms with van der Waals surface area (Å²) in [7, 11) is 0. The topological polar surface area (TPSA) is 112 Å². The summed E-state index contributed by atoms with van der Waals surface area (Å²) >= 11 is 0. The van der Waals surface area contributed by atoms with Gasteiger partial charge in [-0.1, -0.05) is 6.07 Å². The summed E-state index contributed by atoms with van der Waals surface area (Å²) in [4.78, 5) is 32.8. The summed E-state index contributed by atoms with van der Waals surface area (Å²) in [5, 5.41) is 26.8. The van der Waals surface area contributed by atoms with Crippen molar-refractivity contribution in [1.29, 1.82) is 0 Å². The maximum atomic E-state index is 14.0. The zero-order chi connectivity index (χ0) is 16.4. The van der Waals surface area contributed by atoms with Gasteiger partial charge in [-0.3, -0.25) is 0 Å². The van der Waals surface area contributed by atoms with E-state index in [0.29, 0.717) is 0 Å². The van der Waals surface area contributed by atoms with Gasteiger partial charge in [0.15, 0.2) is 0 Å². The molecule has 0 aliphatic rings. The molecular formula is C15H9FO6. The first-order valence-corrected chi connectivity index (χ1v) is 5.94. The highest BCUT2D eigenvalue weighted by Crippen LogP contribution is 2.26. The summed E-state index contributed by atoms with van der Waals surface area (Å²) in [6.07, 6.45) is 0. The molecule has 0 aliphatic carbocycles. The van der Waals surface area contributed by atoms with E-state index in [-0.39, 0.29) is 27.8 Å². The van der Waals surface area contributed by atoms with Gasteiger partial charge in [-0.2, -0.15) is 0 Å². The first-order valence-electron chi connectivity index (χ1n) is 5.94. The van der Waals surface area contributed by atoms with Crippen LogP contribution in [-0.2, 0) is 0 Å². The average molecular weight is 304 g/mol. The molecule has 0 amide bonds. The van der Waals surface area contributed by atoms with E-state index in [1.54, 1.807) is 0 Å². The monoisotopic (exact) mass is 304 g/mol. The fourth-order valence-corrected chi connectivity index (χ4v) is 1.91. The van der Waals surface area contributed by atoms with Crippen LogP contribution in [0.5, 0.6) is 0 Å². The minimum absolute atomic E-state index is 0.0340. The van der Waals surface area contributed by atoms with Gasteiger partial charge in [0.1, 0.15) is 5.82 Å². The van der Waals surface area contributed by atoms with Crippen LogP contribution in [0.2, 0.25) is 0 Å². The Morgan fingerprint density at radius 1 is 0.727 bits per heavy atom. The van der Waals surface area contributed by atoms with Crippen molar-refractivity contribution < 1.29 is 34.1 Å². The number of hydrogen-bond donors (Lipinski definition) is 3. The van der Waals surface area contributed by atoms with Crippen LogP contribution in [0.15, 0.2) is 36.4 Å². The van der Waals surface area contributed by atoms with Crippen LogP contribution in [0.25, 0.3) is 11.1 Å². The number of benzene rings is 2. The van der Waals surface area contributed by atoms with E-state index in [1.807, 2.05) is 0 Å². The van der Waals surface area contributed by atoms with Gasteiger partial charge in [0.05, 0.1) is 16.7 Å². The van der Waals surface area contributed by atoms with Gasteiger partial charge in [0.25, 0.3) is 0 Å². The Morgan fingerprint density at radius 2 is 1.23 bits per heavy atom. The van der Waals surface area contributed by atoms with Gasteiger partial charge < -0.3 is 15.3 Å².